The highest BCUT2D eigenvalue weighted by atomic mass is 79.9. The molecule has 0 atom stereocenters. The number of rotatable bonds is 4. The monoisotopic (exact) mass is 524 g/mol. The maximum Gasteiger partial charge on any atom is 0.129 e. The molecular weight excluding hydrogens is 504 g/mol. The minimum atomic E-state index is -0.440. The van der Waals surface area contributed by atoms with Gasteiger partial charge in [0.2, 0.25) is 0 Å². The van der Waals surface area contributed by atoms with E-state index in [1.807, 2.05) is 12.3 Å². The second-order valence-corrected chi connectivity index (χ2v) is 9.90. The SMILES string of the molecule is Clc1cc2c(Br)c3c(cc2cn1)CN(C(c1ccccc1)(c1ccccc1)c1ccccc1)C3. The molecule has 0 unspecified atom stereocenters. The smallest absolute Gasteiger partial charge is 0.129 e. The van der Waals surface area contributed by atoms with Gasteiger partial charge in [-0.1, -0.05) is 103 Å². The molecule has 4 heteroatoms. The zero-order valence-electron chi connectivity index (χ0n) is 18.5. The number of fused-ring (bicyclic) bond motifs is 2. The summed E-state index contributed by atoms with van der Waals surface area (Å²) in [6.07, 6.45) is 1.87. The first-order chi connectivity index (χ1) is 16.7. The lowest BCUT2D eigenvalue weighted by Gasteiger charge is -2.43. The Morgan fingerprint density at radius 2 is 1.26 bits per heavy atom. The highest BCUT2D eigenvalue weighted by molar-refractivity contribution is 9.10. The highest BCUT2D eigenvalue weighted by Gasteiger charge is 2.44. The van der Waals surface area contributed by atoms with Crippen LogP contribution in [0, 0.1) is 0 Å². The van der Waals surface area contributed by atoms with Gasteiger partial charge in [0, 0.05) is 34.5 Å². The molecule has 1 aliphatic rings. The number of hydrogen-bond acceptors (Lipinski definition) is 2. The van der Waals surface area contributed by atoms with Crippen LogP contribution < -0.4 is 0 Å². The summed E-state index contributed by atoms with van der Waals surface area (Å²) < 4.78 is 1.11. The number of benzene rings is 4. The molecule has 0 aliphatic carbocycles. The first-order valence-electron chi connectivity index (χ1n) is 11.3. The van der Waals surface area contributed by atoms with Gasteiger partial charge < -0.3 is 0 Å². The summed E-state index contributed by atoms with van der Waals surface area (Å²) in [6.45, 7) is 1.63. The van der Waals surface area contributed by atoms with Crippen molar-refractivity contribution in [3.63, 3.8) is 0 Å². The molecule has 0 bridgehead atoms. The van der Waals surface area contributed by atoms with Crippen molar-refractivity contribution in [2.24, 2.45) is 0 Å². The van der Waals surface area contributed by atoms with Gasteiger partial charge in [0.05, 0.1) is 5.54 Å². The van der Waals surface area contributed by atoms with E-state index in [0.717, 1.165) is 28.3 Å². The number of pyridine rings is 1. The minimum Gasteiger partial charge on any atom is -0.277 e. The van der Waals surface area contributed by atoms with Crippen LogP contribution >= 0.6 is 27.5 Å². The van der Waals surface area contributed by atoms with Crippen molar-refractivity contribution in [2.45, 2.75) is 18.6 Å². The van der Waals surface area contributed by atoms with E-state index in [2.05, 4.69) is 123 Å². The van der Waals surface area contributed by atoms with E-state index >= 15 is 0 Å². The Morgan fingerprint density at radius 3 is 1.79 bits per heavy atom. The van der Waals surface area contributed by atoms with Crippen LogP contribution in [0.2, 0.25) is 5.15 Å². The van der Waals surface area contributed by atoms with Crippen molar-refractivity contribution in [1.29, 1.82) is 0 Å². The van der Waals surface area contributed by atoms with Crippen LogP contribution in [0.4, 0.5) is 0 Å². The van der Waals surface area contributed by atoms with Gasteiger partial charge in [0.15, 0.2) is 0 Å². The van der Waals surface area contributed by atoms with Crippen LogP contribution in [0.1, 0.15) is 27.8 Å². The molecule has 0 spiro atoms. The zero-order valence-corrected chi connectivity index (χ0v) is 20.8. The fourth-order valence-electron chi connectivity index (χ4n) is 5.41. The van der Waals surface area contributed by atoms with Crippen LogP contribution in [0.25, 0.3) is 10.8 Å². The molecule has 34 heavy (non-hydrogen) atoms. The number of hydrogen-bond donors (Lipinski definition) is 0. The first kappa shape index (κ1) is 21.5. The molecule has 0 radical (unpaired) electrons. The van der Waals surface area contributed by atoms with E-state index in [1.54, 1.807) is 0 Å². The van der Waals surface area contributed by atoms with Crippen LogP contribution in [0.5, 0.6) is 0 Å². The van der Waals surface area contributed by atoms with Crippen LogP contribution in [0.3, 0.4) is 0 Å². The molecule has 0 fully saturated rings. The fourth-order valence-corrected chi connectivity index (χ4v) is 6.29. The average molecular weight is 526 g/mol. The molecule has 0 saturated carbocycles. The second-order valence-electron chi connectivity index (χ2n) is 8.72. The Labute approximate surface area is 213 Å². The lowest BCUT2D eigenvalue weighted by molar-refractivity contribution is 0.157. The number of halogens is 2. The molecule has 2 nitrogen and oxygen atoms in total. The van der Waals surface area contributed by atoms with E-state index in [9.17, 15) is 0 Å². The van der Waals surface area contributed by atoms with Gasteiger partial charge in [-0.25, -0.2) is 4.98 Å². The third-order valence-corrected chi connectivity index (χ3v) is 7.99. The third kappa shape index (κ3) is 3.39. The summed E-state index contributed by atoms with van der Waals surface area (Å²) in [5.74, 6) is 0. The van der Waals surface area contributed by atoms with Crippen molar-refractivity contribution >= 4 is 38.3 Å². The quantitative estimate of drug-likeness (QED) is 0.175. The molecule has 0 saturated heterocycles. The molecule has 1 aromatic heterocycles. The summed E-state index contributed by atoms with van der Waals surface area (Å²) in [4.78, 5) is 6.91. The lowest BCUT2D eigenvalue weighted by Crippen LogP contribution is -2.45. The minimum absolute atomic E-state index is 0.440. The van der Waals surface area contributed by atoms with Crippen molar-refractivity contribution < 1.29 is 0 Å². The van der Waals surface area contributed by atoms with Crippen LogP contribution in [-0.4, -0.2) is 9.88 Å². The van der Waals surface area contributed by atoms with Crippen molar-refractivity contribution in [1.82, 2.24) is 9.88 Å². The summed E-state index contributed by atoms with van der Waals surface area (Å²) in [7, 11) is 0. The molecule has 5 aromatic rings. The average Bonchev–Trinajstić information content (AvgIpc) is 3.32. The topological polar surface area (TPSA) is 16.1 Å². The lowest BCUT2D eigenvalue weighted by atomic mass is 9.75. The highest BCUT2D eigenvalue weighted by Crippen LogP contribution is 2.48. The van der Waals surface area contributed by atoms with E-state index < -0.39 is 5.54 Å². The summed E-state index contributed by atoms with van der Waals surface area (Å²) in [5.41, 5.74) is 5.95. The fraction of sp³-hybridized carbons (Fsp3) is 0.100. The normalized spacial score (nSPS) is 13.8. The Hall–Kier alpha value is -2.98. The Morgan fingerprint density at radius 1 is 0.735 bits per heavy atom. The van der Waals surface area contributed by atoms with Gasteiger partial charge in [-0.05, 0) is 55.9 Å². The molecule has 2 heterocycles. The van der Waals surface area contributed by atoms with Crippen LogP contribution in [-0.2, 0) is 18.6 Å². The van der Waals surface area contributed by atoms with Gasteiger partial charge in [0.1, 0.15) is 5.15 Å². The Balaban J connectivity index is 1.61. The Bertz CT molecular complexity index is 1370. The third-order valence-electron chi connectivity index (χ3n) is 6.88. The van der Waals surface area contributed by atoms with Gasteiger partial charge >= 0.3 is 0 Å². The summed E-state index contributed by atoms with van der Waals surface area (Å²) >= 11 is 10.2. The van der Waals surface area contributed by atoms with Gasteiger partial charge in [-0.2, -0.15) is 0 Å². The maximum absolute atomic E-state index is 6.24. The summed E-state index contributed by atoms with van der Waals surface area (Å²) in [6, 6.07) is 36.8. The van der Waals surface area contributed by atoms with E-state index in [4.69, 9.17) is 11.6 Å². The van der Waals surface area contributed by atoms with E-state index in [0.29, 0.717) is 5.15 Å². The van der Waals surface area contributed by atoms with Gasteiger partial charge in [0.25, 0.3) is 0 Å². The standard InChI is InChI=1S/C30H22BrClN2/c31-29-26-17-28(32)33-18-21(26)16-22-19-34(20-27(22)29)30(23-10-4-1-5-11-23,24-12-6-2-7-13-24)25-14-8-3-9-15-25/h1-18H,19-20H2. The Kier molecular flexibility index (Phi) is 5.49. The van der Waals surface area contributed by atoms with E-state index in [-0.39, 0.29) is 0 Å². The van der Waals surface area contributed by atoms with Crippen molar-refractivity contribution in [2.75, 3.05) is 0 Å². The molecule has 1 aliphatic heterocycles. The van der Waals surface area contributed by atoms with Crippen molar-refractivity contribution in [3.05, 3.63) is 147 Å². The van der Waals surface area contributed by atoms with Crippen LogP contribution in [0.15, 0.2) is 114 Å². The molecule has 166 valence electrons. The zero-order chi connectivity index (χ0) is 23.1. The second kappa shape index (κ2) is 8.66. The molecular formula is C30H22BrClN2. The molecule has 0 amide bonds. The van der Waals surface area contributed by atoms with Crippen molar-refractivity contribution in [3.8, 4) is 0 Å². The number of aromatic nitrogens is 1. The molecule has 4 aromatic carbocycles. The number of nitrogens with zero attached hydrogens (tertiary/aromatic N) is 2. The predicted molar refractivity (Wildman–Crippen MR) is 143 cm³/mol. The maximum atomic E-state index is 6.24. The summed E-state index contributed by atoms with van der Waals surface area (Å²) in [5, 5.41) is 2.71. The molecule has 0 N–H and O–H groups in total. The van der Waals surface area contributed by atoms with E-state index in [1.165, 1.54) is 27.8 Å². The molecule has 6 rings (SSSR count). The largest absolute Gasteiger partial charge is 0.277 e. The first-order valence-corrected chi connectivity index (χ1v) is 12.5. The predicted octanol–water partition coefficient (Wildman–Crippen LogP) is 7.96. The van der Waals surface area contributed by atoms with Gasteiger partial charge in [-0.15, -0.1) is 0 Å². The van der Waals surface area contributed by atoms with Gasteiger partial charge in [-0.3, -0.25) is 4.90 Å².